The zero-order chi connectivity index (χ0) is 23.5. The van der Waals surface area contributed by atoms with Gasteiger partial charge in [-0.15, -0.1) is 0 Å². The standard InChI is InChI=1S/C27H32N2O4/c1-17(21-11-9-20(27(31)33-4)14-25(21)32-3)23-15-28-24-12-10-19(13-22(23)24)26(30)29(2)16-18-7-5-6-8-18/h9-15,17-18,28H,5-8,16H2,1-4H3. The Morgan fingerprint density at radius 3 is 2.48 bits per heavy atom. The Hall–Kier alpha value is -3.28. The molecule has 1 amide bonds. The number of fused-ring (bicyclic) bond motifs is 1. The van der Waals surface area contributed by atoms with Gasteiger partial charge in [-0.25, -0.2) is 4.79 Å². The van der Waals surface area contributed by atoms with E-state index in [0.29, 0.717) is 22.8 Å². The summed E-state index contributed by atoms with van der Waals surface area (Å²) < 4.78 is 10.4. The van der Waals surface area contributed by atoms with Crippen LogP contribution in [0.5, 0.6) is 5.75 Å². The third-order valence-corrected chi connectivity index (χ3v) is 6.90. The van der Waals surface area contributed by atoms with Crippen LogP contribution in [0.1, 0.15) is 70.4 Å². The van der Waals surface area contributed by atoms with Crippen LogP contribution in [-0.2, 0) is 4.74 Å². The number of hydrogen-bond donors (Lipinski definition) is 1. The fraction of sp³-hybridized carbons (Fsp3) is 0.407. The van der Waals surface area contributed by atoms with Crippen molar-refractivity contribution in [3.8, 4) is 5.75 Å². The second kappa shape index (κ2) is 9.69. The molecule has 0 saturated heterocycles. The number of carbonyl (C=O) groups excluding carboxylic acids is 2. The number of rotatable bonds is 7. The number of methoxy groups -OCH3 is 2. The third kappa shape index (κ3) is 4.61. The molecule has 174 valence electrons. The second-order valence-electron chi connectivity index (χ2n) is 9.01. The van der Waals surface area contributed by atoms with Gasteiger partial charge in [-0.05, 0) is 54.7 Å². The lowest BCUT2D eigenvalue weighted by molar-refractivity contribution is 0.0600. The number of esters is 1. The van der Waals surface area contributed by atoms with Crippen LogP contribution in [-0.4, -0.2) is 49.6 Å². The van der Waals surface area contributed by atoms with E-state index in [4.69, 9.17) is 9.47 Å². The van der Waals surface area contributed by atoms with Gasteiger partial charge in [0.25, 0.3) is 5.91 Å². The summed E-state index contributed by atoms with van der Waals surface area (Å²) in [5.74, 6) is 0.893. The molecule has 1 aliphatic rings. The molecule has 33 heavy (non-hydrogen) atoms. The minimum Gasteiger partial charge on any atom is -0.496 e. The molecule has 1 heterocycles. The Morgan fingerprint density at radius 1 is 1.06 bits per heavy atom. The van der Waals surface area contributed by atoms with E-state index in [1.807, 2.05) is 42.4 Å². The lowest BCUT2D eigenvalue weighted by Crippen LogP contribution is -2.31. The Kier molecular flexibility index (Phi) is 6.72. The lowest BCUT2D eigenvalue weighted by Gasteiger charge is -2.21. The van der Waals surface area contributed by atoms with Crippen molar-refractivity contribution in [3.63, 3.8) is 0 Å². The van der Waals surface area contributed by atoms with Crippen molar-refractivity contribution >= 4 is 22.8 Å². The van der Waals surface area contributed by atoms with E-state index in [0.717, 1.165) is 28.6 Å². The summed E-state index contributed by atoms with van der Waals surface area (Å²) in [5.41, 5.74) is 4.16. The molecule has 1 aromatic heterocycles. The highest BCUT2D eigenvalue weighted by molar-refractivity contribution is 5.99. The number of ether oxygens (including phenoxy) is 2. The maximum atomic E-state index is 13.1. The molecule has 1 N–H and O–H groups in total. The number of hydrogen-bond acceptors (Lipinski definition) is 4. The molecule has 1 aliphatic carbocycles. The number of carbonyl (C=O) groups is 2. The van der Waals surface area contributed by atoms with Gasteiger partial charge in [0.15, 0.2) is 0 Å². The number of benzene rings is 2. The first kappa shape index (κ1) is 22.9. The molecule has 1 saturated carbocycles. The number of amides is 1. The molecule has 4 rings (SSSR count). The molecule has 0 radical (unpaired) electrons. The topological polar surface area (TPSA) is 71.6 Å². The molecule has 0 aliphatic heterocycles. The van der Waals surface area contributed by atoms with Crippen molar-refractivity contribution in [1.29, 1.82) is 0 Å². The van der Waals surface area contributed by atoms with Gasteiger partial charge < -0.3 is 19.4 Å². The minimum atomic E-state index is -0.399. The van der Waals surface area contributed by atoms with Crippen molar-refractivity contribution in [3.05, 3.63) is 64.8 Å². The Labute approximate surface area is 194 Å². The van der Waals surface area contributed by atoms with Gasteiger partial charge in [-0.3, -0.25) is 4.79 Å². The first-order valence-electron chi connectivity index (χ1n) is 11.6. The van der Waals surface area contributed by atoms with E-state index in [9.17, 15) is 9.59 Å². The van der Waals surface area contributed by atoms with Gasteiger partial charge in [-0.2, -0.15) is 0 Å². The summed E-state index contributed by atoms with van der Waals surface area (Å²) in [4.78, 5) is 30.2. The predicted molar refractivity (Wildman–Crippen MR) is 129 cm³/mol. The van der Waals surface area contributed by atoms with Crippen LogP contribution < -0.4 is 4.74 Å². The van der Waals surface area contributed by atoms with E-state index < -0.39 is 5.97 Å². The molecule has 6 heteroatoms. The number of nitrogens with zero attached hydrogens (tertiary/aromatic N) is 1. The van der Waals surface area contributed by atoms with Crippen molar-refractivity contribution in [1.82, 2.24) is 9.88 Å². The summed E-state index contributed by atoms with van der Waals surface area (Å²) >= 11 is 0. The largest absolute Gasteiger partial charge is 0.496 e. The van der Waals surface area contributed by atoms with Gasteiger partial charge in [0.05, 0.1) is 19.8 Å². The highest BCUT2D eigenvalue weighted by Gasteiger charge is 2.22. The first-order chi connectivity index (χ1) is 15.9. The van der Waals surface area contributed by atoms with Crippen LogP contribution in [0.4, 0.5) is 0 Å². The van der Waals surface area contributed by atoms with Gasteiger partial charge in [-0.1, -0.05) is 25.8 Å². The van der Waals surface area contributed by atoms with Gasteiger partial charge >= 0.3 is 5.97 Å². The van der Waals surface area contributed by atoms with E-state index in [1.54, 1.807) is 19.2 Å². The molecule has 6 nitrogen and oxygen atoms in total. The first-order valence-corrected chi connectivity index (χ1v) is 11.6. The van der Waals surface area contributed by atoms with Crippen molar-refractivity contribution < 1.29 is 19.1 Å². The molecular weight excluding hydrogens is 416 g/mol. The van der Waals surface area contributed by atoms with E-state index in [-0.39, 0.29) is 11.8 Å². The maximum Gasteiger partial charge on any atom is 0.337 e. The van der Waals surface area contributed by atoms with E-state index in [2.05, 4.69) is 11.9 Å². The van der Waals surface area contributed by atoms with Gasteiger partial charge in [0, 0.05) is 47.7 Å². The Morgan fingerprint density at radius 2 is 1.79 bits per heavy atom. The summed E-state index contributed by atoms with van der Waals surface area (Å²) in [5, 5.41) is 1.02. The number of H-pyrrole nitrogens is 1. The van der Waals surface area contributed by atoms with Crippen LogP contribution in [0.3, 0.4) is 0 Å². The highest BCUT2D eigenvalue weighted by Crippen LogP contribution is 2.36. The van der Waals surface area contributed by atoms with E-state index >= 15 is 0 Å². The number of nitrogens with one attached hydrogen (secondary N) is 1. The SMILES string of the molecule is COC(=O)c1ccc(C(C)c2c[nH]c3ccc(C(=O)N(C)CC4CCCC4)cc23)c(OC)c1. The average Bonchev–Trinajstić information content (AvgIpc) is 3.51. The Bertz CT molecular complexity index is 1160. The normalized spacial score (nSPS) is 14.9. The quantitative estimate of drug-likeness (QED) is 0.493. The molecule has 0 spiro atoms. The number of aromatic nitrogens is 1. The molecule has 2 aromatic carbocycles. The molecule has 1 unspecified atom stereocenters. The third-order valence-electron chi connectivity index (χ3n) is 6.90. The smallest absolute Gasteiger partial charge is 0.337 e. The molecule has 3 aromatic rings. The summed E-state index contributed by atoms with van der Waals surface area (Å²) in [6, 6.07) is 11.2. The van der Waals surface area contributed by atoms with Crippen LogP contribution >= 0.6 is 0 Å². The summed E-state index contributed by atoms with van der Waals surface area (Å²) in [6.45, 7) is 2.91. The van der Waals surface area contributed by atoms with Crippen LogP contribution in [0, 0.1) is 5.92 Å². The lowest BCUT2D eigenvalue weighted by atomic mass is 9.91. The molecule has 0 bridgehead atoms. The van der Waals surface area contributed by atoms with Crippen molar-refractivity contribution in [2.45, 2.75) is 38.5 Å². The fourth-order valence-electron chi connectivity index (χ4n) is 5.00. The number of aromatic amines is 1. The van der Waals surface area contributed by atoms with E-state index in [1.165, 1.54) is 32.8 Å². The summed E-state index contributed by atoms with van der Waals surface area (Å²) in [6.07, 6.45) is 6.96. The zero-order valence-electron chi connectivity index (χ0n) is 19.8. The molecule has 1 fully saturated rings. The fourth-order valence-corrected chi connectivity index (χ4v) is 5.00. The minimum absolute atomic E-state index is 0.0121. The average molecular weight is 449 g/mol. The van der Waals surface area contributed by atoms with Gasteiger partial charge in [0.1, 0.15) is 5.75 Å². The van der Waals surface area contributed by atoms with Crippen molar-refractivity contribution in [2.75, 3.05) is 27.8 Å². The van der Waals surface area contributed by atoms with Crippen LogP contribution in [0.2, 0.25) is 0 Å². The van der Waals surface area contributed by atoms with Crippen LogP contribution in [0.25, 0.3) is 10.9 Å². The maximum absolute atomic E-state index is 13.1. The predicted octanol–water partition coefficient (Wildman–Crippen LogP) is 5.38. The zero-order valence-corrected chi connectivity index (χ0v) is 19.8. The molecule has 1 atom stereocenters. The monoisotopic (exact) mass is 448 g/mol. The second-order valence-corrected chi connectivity index (χ2v) is 9.01. The molecular formula is C27H32N2O4. The summed E-state index contributed by atoms with van der Waals surface area (Å²) in [7, 11) is 4.86. The van der Waals surface area contributed by atoms with Crippen LogP contribution in [0.15, 0.2) is 42.6 Å². The van der Waals surface area contributed by atoms with Gasteiger partial charge in [0.2, 0.25) is 0 Å². The Balaban J connectivity index is 1.63. The van der Waals surface area contributed by atoms with Crippen molar-refractivity contribution in [2.24, 2.45) is 5.92 Å². The highest BCUT2D eigenvalue weighted by atomic mass is 16.5.